The molecule has 0 radical (unpaired) electrons. The third-order valence-corrected chi connectivity index (χ3v) is 3.50. The van der Waals surface area contributed by atoms with E-state index < -0.39 is 0 Å². The fourth-order valence-electron chi connectivity index (χ4n) is 1.79. The number of halogens is 1. The molecule has 0 spiro atoms. The average molecular weight is 284 g/mol. The van der Waals surface area contributed by atoms with Gasteiger partial charge in [-0.15, -0.1) is 0 Å². The Morgan fingerprint density at radius 1 is 1.42 bits per heavy atom. The molecule has 0 fully saturated rings. The molecule has 4 nitrogen and oxygen atoms in total. The molecule has 3 N–H and O–H groups in total. The molecule has 0 bridgehead atoms. The zero-order valence-electron chi connectivity index (χ0n) is 11.7. The van der Waals surface area contributed by atoms with Gasteiger partial charge in [-0.25, -0.2) is 0 Å². The third kappa shape index (κ3) is 4.49. The maximum absolute atomic E-state index is 11.8. The van der Waals surface area contributed by atoms with Crippen LogP contribution in [0.5, 0.6) is 0 Å². The summed E-state index contributed by atoms with van der Waals surface area (Å²) in [5.74, 6) is -0.199. The van der Waals surface area contributed by atoms with Gasteiger partial charge in [-0.05, 0) is 25.7 Å². The average Bonchev–Trinajstić information content (AvgIpc) is 2.39. The summed E-state index contributed by atoms with van der Waals surface area (Å²) >= 11 is 6.21. The largest absolute Gasteiger partial charge is 0.354 e. The van der Waals surface area contributed by atoms with Crippen LogP contribution in [0.4, 0.5) is 0 Å². The Morgan fingerprint density at radius 3 is 2.58 bits per heavy atom. The molecule has 0 aromatic heterocycles. The molecule has 1 amide bonds. The highest BCUT2D eigenvalue weighted by Crippen LogP contribution is 2.25. The number of nitrogens with one attached hydrogen (secondary N) is 1. The molecule has 1 rings (SSSR count). The van der Waals surface area contributed by atoms with Crippen molar-refractivity contribution >= 4 is 17.5 Å². The second-order valence-corrected chi connectivity index (χ2v) is 5.29. The Labute approximate surface area is 119 Å². The lowest BCUT2D eigenvalue weighted by Crippen LogP contribution is -2.39. The number of amides is 1. The van der Waals surface area contributed by atoms with E-state index in [1.807, 2.05) is 50.2 Å². The first-order chi connectivity index (χ1) is 8.97. The number of hydrogen-bond donors (Lipinski definition) is 2. The van der Waals surface area contributed by atoms with Crippen LogP contribution >= 0.6 is 11.6 Å². The summed E-state index contributed by atoms with van der Waals surface area (Å²) in [6.45, 7) is 2.68. The number of nitrogens with zero attached hydrogens (tertiary/aromatic N) is 1. The molecule has 2 atom stereocenters. The van der Waals surface area contributed by atoms with Crippen LogP contribution in [-0.2, 0) is 4.79 Å². The van der Waals surface area contributed by atoms with E-state index in [1.54, 1.807) is 0 Å². The Balaban J connectivity index is 2.75. The van der Waals surface area contributed by atoms with E-state index in [0.29, 0.717) is 18.1 Å². The zero-order chi connectivity index (χ0) is 14.4. The highest BCUT2D eigenvalue weighted by Gasteiger charge is 2.19. The summed E-state index contributed by atoms with van der Waals surface area (Å²) in [5, 5.41) is 3.63. The van der Waals surface area contributed by atoms with Crippen LogP contribution in [0.25, 0.3) is 0 Å². The predicted molar refractivity (Wildman–Crippen MR) is 79.1 cm³/mol. The Hall–Kier alpha value is -1.10. The van der Waals surface area contributed by atoms with Gasteiger partial charge in [-0.1, -0.05) is 36.7 Å². The monoisotopic (exact) mass is 283 g/mol. The zero-order valence-corrected chi connectivity index (χ0v) is 12.4. The van der Waals surface area contributed by atoms with E-state index in [0.717, 1.165) is 5.56 Å². The van der Waals surface area contributed by atoms with Crippen molar-refractivity contribution in [3.05, 3.63) is 34.9 Å². The molecule has 0 saturated heterocycles. The summed E-state index contributed by atoms with van der Waals surface area (Å²) in [6.07, 6.45) is 0. The summed E-state index contributed by atoms with van der Waals surface area (Å²) in [7, 11) is 3.93. The van der Waals surface area contributed by atoms with Gasteiger partial charge in [0, 0.05) is 24.0 Å². The first-order valence-corrected chi connectivity index (χ1v) is 6.73. The van der Waals surface area contributed by atoms with Gasteiger partial charge < -0.3 is 16.0 Å². The lowest BCUT2D eigenvalue weighted by molar-refractivity contribution is -0.124. The van der Waals surface area contributed by atoms with Crippen LogP contribution in [0.15, 0.2) is 24.3 Å². The van der Waals surface area contributed by atoms with Crippen molar-refractivity contribution in [2.75, 3.05) is 27.2 Å². The number of rotatable bonds is 6. The van der Waals surface area contributed by atoms with Gasteiger partial charge in [0.15, 0.2) is 0 Å². The van der Waals surface area contributed by atoms with Crippen molar-refractivity contribution < 1.29 is 4.79 Å². The van der Waals surface area contributed by atoms with Crippen LogP contribution in [0.3, 0.4) is 0 Å². The number of likely N-dealkylation sites (N-methyl/N-ethyl adjacent to an activating group) is 1. The minimum atomic E-state index is -0.172. The van der Waals surface area contributed by atoms with Crippen LogP contribution < -0.4 is 11.1 Å². The van der Waals surface area contributed by atoms with Crippen molar-refractivity contribution in [3.63, 3.8) is 0 Å². The van der Waals surface area contributed by atoms with Gasteiger partial charge in [0.1, 0.15) is 0 Å². The topological polar surface area (TPSA) is 58.4 Å². The van der Waals surface area contributed by atoms with E-state index in [9.17, 15) is 4.79 Å². The molecule has 0 aliphatic rings. The lowest BCUT2D eigenvalue weighted by atomic mass is 10.1. The SMILES string of the molecule is CC(CN)C(=O)NCC(c1ccccc1Cl)N(C)C. The highest BCUT2D eigenvalue weighted by atomic mass is 35.5. The molecular formula is C14H22ClN3O. The van der Waals surface area contributed by atoms with Crippen molar-refractivity contribution in [1.29, 1.82) is 0 Å². The van der Waals surface area contributed by atoms with E-state index in [1.165, 1.54) is 0 Å². The van der Waals surface area contributed by atoms with Crippen molar-refractivity contribution in [1.82, 2.24) is 10.2 Å². The van der Waals surface area contributed by atoms with E-state index in [4.69, 9.17) is 17.3 Å². The van der Waals surface area contributed by atoms with Gasteiger partial charge >= 0.3 is 0 Å². The maximum Gasteiger partial charge on any atom is 0.224 e. The van der Waals surface area contributed by atoms with Crippen LogP contribution in [-0.4, -0.2) is 38.0 Å². The second-order valence-electron chi connectivity index (χ2n) is 4.88. The molecule has 0 aliphatic carbocycles. The number of benzene rings is 1. The fourth-order valence-corrected chi connectivity index (χ4v) is 2.06. The minimum absolute atomic E-state index is 0.0265. The fraction of sp³-hybridized carbons (Fsp3) is 0.500. The summed E-state index contributed by atoms with van der Waals surface area (Å²) in [5.41, 5.74) is 6.49. The van der Waals surface area contributed by atoms with Crippen LogP contribution in [0.2, 0.25) is 5.02 Å². The number of carbonyl (C=O) groups excluding carboxylic acids is 1. The quantitative estimate of drug-likeness (QED) is 0.835. The van der Waals surface area contributed by atoms with Crippen LogP contribution in [0.1, 0.15) is 18.5 Å². The highest BCUT2D eigenvalue weighted by molar-refractivity contribution is 6.31. The van der Waals surface area contributed by atoms with Gasteiger partial charge in [0.05, 0.1) is 6.04 Å². The predicted octanol–water partition coefficient (Wildman–Crippen LogP) is 1.65. The number of carbonyl (C=O) groups is 1. The molecule has 19 heavy (non-hydrogen) atoms. The molecule has 1 aromatic rings. The van der Waals surface area contributed by atoms with Crippen molar-refractivity contribution in [2.24, 2.45) is 11.7 Å². The first kappa shape index (κ1) is 16.0. The smallest absolute Gasteiger partial charge is 0.224 e. The molecular weight excluding hydrogens is 262 g/mol. The van der Waals surface area contributed by atoms with Crippen molar-refractivity contribution in [2.45, 2.75) is 13.0 Å². The summed E-state index contributed by atoms with van der Waals surface area (Å²) in [6, 6.07) is 7.72. The lowest BCUT2D eigenvalue weighted by Gasteiger charge is -2.26. The summed E-state index contributed by atoms with van der Waals surface area (Å²) < 4.78 is 0. The Morgan fingerprint density at radius 2 is 2.05 bits per heavy atom. The Kier molecular flexibility index (Phi) is 6.28. The molecule has 0 saturated carbocycles. The maximum atomic E-state index is 11.8. The third-order valence-electron chi connectivity index (χ3n) is 3.16. The molecule has 0 aliphatic heterocycles. The van der Waals surface area contributed by atoms with E-state index in [-0.39, 0.29) is 17.9 Å². The second kappa shape index (κ2) is 7.48. The standard InChI is InChI=1S/C14H22ClN3O/c1-10(8-16)14(19)17-9-13(18(2)3)11-6-4-5-7-12(11)15/h4-7,10,13H,8-9,16H2,1-3H3,(H,17,19). The molecule has 2 unspecified atom stereocenters. The van der Waals surface area contributed by atoms with Gasteiger partial charge in [0.25, 0.3) is 0 Å². The van der Waals surface area contributed by atoms with E-state index in [2.05, 4.69) is 5.32 Å². The summed E-state index contributed by atoms with van der Waals surface area (Å²) in [4.78, 5) is 13.8. The van der Waals surface area contributed by atoms with Gasteiger partial charge in [0.2, 0.25) is 5.91 Å². The number of nitrogens with two attached hydrogens (primary N) is 1. The van der Waals surface area contributed by atoms with Crippen LogP contribution in [0, 0.1) is 5.92 Å². The minimum Gasteiger partial charge on any atom is -0.354 e. The number of hydrogen-bond acceptors (Lipinski definition) is 3. The van der Waals surface area contributed by atoms with Crippen molar-refractivity contribution in [3.8, 4) is 0 Å². The van der Waals surface area contributed by atoms with Gasteiger partial charge in [-0.3, -0.25) is 4.79 Å². The molecule has 0 heterocycles. The first-order valence-electron chi connectivity index (χ1n) is 6.36. The van der Waals surface area contributed by atoms with E-state index >= 15 is 0 Å². The molecule has 106 valence electrons. The molecule has 5 heteroatoms. The Bertz CT molecular complexity index is 423. The molecule has 1 aromatic carbocycles. The van der Waals surface area contributed by atoms with Gasteiger partial charge in [-0.2, -0.15) is 0 Å². The normalized spacial score (nSPS) is 14.2.